The Hall–Kier alpha value is -4.18. The SMILES string of the molecule is Cl.O=C(Nc1ccccc1OC(F)(F)F)Nc1cccc2c1ccn2Cc1ccnc2[nH]ccc12. The van der Waals surface area contributed by atoms with E-state index >= 15 is 0 Å². The molecule has 0 saturated carbocycles. The van der Waals surface area contributed by atoms with Gasteiger partial charge < -0.3 is 24.9 Å². The summed E-state index contributed by atoms with van der Waals surface area (Å²) in [5.74, 6) is -0.497. The van der Waals surface area contributed by atoms with Gasteiger partial charge in [-0.05, 0) is 48.0 Å². The maximum absolute atomic E-state index is 12.6. The van der Waals surface area contributed by atoms with Gasteiger partial charge in [-0.3, -0.25) is 0 Å². The summed E-state index contributed by atoms with van der Waals surface area (Å²) in [6, 6.07) is 15.9. The molecule has 0 spiro atoms. The van der Waals surface area contributed by atoms with Crippen molar-refractivity contribution in [2.24, 2.45) is 0 Å². The van der Waals surface area contributed by atoms with Crippen LogP contribution in [0, 0.1) is 0 Å². The molecule has 11 heteroatoms. The maximum Gasteiger partial charge on any atom is 0.573 e. The molecule has 2 aromatic carbocycles. The summed E-state index contributed by atoms with van der Waals surface area (Å²) in [5, 5.41) is 6.94. The molecule has 5 aromatic rings. The number of carbonyl (C=O) groups excluding carboxylic acids is 1. The second kappa shape index (κ2) is 9.59. The van der Waals surface area contributed by atoms with Gasteiger partial charge in [-0.25, -0.2) is 9.78 Å². The molecule has 180 valence electrons. The zero-order valence-electron chi connectivity index (χ0n) is 18.0. The van der Waals surface area contributed by atoms with Crippen LogP contribution in [0.1, 0.15) is 5.56 Å². The van der Waals surface area contributed by atoms with Gasteiger partial charge in [0.1, 0.15) is 5.65 Å². The third-order valence-corrected chi connectivity index (χ3v) is 5.31. The number of carbonyl (C=O) groups is 1. The normalized spacial score (nSPS) is 11.3. The van der Waals surface area contributed by atoms with Crippen molar-refractivity contribution in [1.29, 1.82) is 0 Å². The number of nitrogens with zero attached hydrogens (tertiary/aromatic N) is 2. The van der Waals surface area contributed by atoms with Crippen molar-refractivity contribution in [3.8, 4) is 5.75 Å². The first-order valence-electron chi connectivity index (χ1n) is 10.3. The first-order valence-corrected chi connectivity index (χ1v) is 10.3. The number of aromatic nitrogens is 3. The molecule has 2 amide bonds. The van der Waals surface area contributed by atoms with Gasteiger partial charge in [0.2, 0.25) is 0 Å². The summed E-state index contributed by atoms with van der Waals surface area (Å²) < 4.78 is 44.0. The van der Waals surface area contributed by atoms with E-state index in [9.17, 15) is 18.0 Å². The molecular weight excluding hydrogens is 483 g/mol. The quantitative estimate of drug-likeness (QED) is 0.256. The summed E-state index contributed by atoms with van der Waals surface area (Å²) >= 11 is 0. The van der Waals surface area contributed by atoms with Crippen LogP contribution in [0.3, 0.4) is 0 Å². The minimum absolute atomic E-state index is 0. The lowest BCUT2D eigenvalue weighted by atomic mass is 10.2. The van der Waals surface area contributed by atoms with Gasteiger partial charge in [-0.1, -0.05) is 18.2 Å². The van der Waals surface area contributed by atoms with Gasteiger partial charge in [-0.2, -0.15) is 0 Å². The number of ether oxygens (including phenoxy) is 1. The number of hydrogen-bond donors (Lipinski definition) is 3. The van der Waals surface area contributed by atoms with Crippen LogP contribution in [-0.2, 0) is 6.54 Å². The molecule has 0 saturated heterocycles. The number of amides is 2. The van der Waals surface area contributed by atoms with E-state index in [-0.39, 0.29) is 18.1 Å². The van der Waals surface area contributed by atoms with E-state index in [0.29, 0.717) is 12.2 Å². The molecule has 0 aliphatic rings. The van der Waals surface area contributed by atoms with Crippen molar-refractivity contribution < 1.29 is 22.7 Å². The second-order valence-electron chi connectivity index (χ2n) is 7.52. The number of fused-ring (bicyclic) bond motifs is 2. The summed E-state index contributed by atoms with van der Waals surface area (Å²) in [7, 11) is 0. The van der Waals surface area contributed by atoms with Crippen LogP contribution in [0.4, 0.5) is 29.3 Å². The highest BCUT2D eigenvalue weighted by Gasteiger charge is 2.32. The van der Waals surface area contributed by atoms with Crippen LogP contribution >= 0.6 is 12.4 Å². The highest BCUT2D eigenvalue weighted by atomic mass is 35.5. The summed E-state index contributed by atoms with van der Waals surface area (Å²) in [6.07, 6.45) is 0.633. The van der Waals surface area contributed by atoms with E-state index in [2.05, 4.69) is 25.3 Å². The summed E-state index contributed by atoms with van der Waals surface area (Å²) in [4.78, 5) is 20.0. The number of urea groups is 1. The highest BCUT2D eigenvalue weighted by Crippen LogP contribution is 2.31. The Balaban J connectivity index is 0.00000289. The van der Waals surface area contributed by atoms with Crippen molar-refractivity contribution >= 4 is 51.7 Å². The number of rotatable bonds is 5. The molecular formula is C24H19ClF3N5O2. The number of hydrogen-bond acceptors (Lipinski definition) is 3. The fourth-order valence-corrected chi connectivity index (χ4v) is 3.87. The Labute approximate surface area is 203 Å². The maximum atomic E-state index is 12.6. The summed E-state index contributed by atoms with van der Waals surface area (Å²) in [5.41, 5.74) is 3.20. The van der Waals surface area contributed by atoms with E-state index in [1.807, 2.05) is 41.2 Å². The van der Waals surface area contributed by atoms with Crippen LogP contribution in [-0.4, -0.2) is 26.9 Å². The average Bonchev–Trinajstić information content (AvgIpc) is 3.43. The van der Waals surface area contributed by atoms with Crippen LogP contribution in [0.15, 0.2) is 79.3 Å². The number of alkyl halides is 3. The fourth-order valence-electron chi connectivity index (χ4n) is 3.87. The third kappa shape index (κ3) is 5.17. The van der Waals surface area contributed by atoms with Crippen molar-refractivity contribution in [3.63, 3.8) is 0 Å². The topological polar surface area (TPSA) is 84.0 Å². The molecule has 3 aromatic heterocycles. The molecule has 0 bridgehead atoms. The minimum Gasteiger partial charge on any atom is -0.404 e. The molecule has 3 heterocycles. The number of pyridine rings is 1. The summed E-state index contributed by atoms with van der Waals surface area (Å²) in [6.45, 7) is 0.595. The average molecular weight is 502 g/mol. The van der Waals surface area contributed by atoms with Gasteiger partial charge in [-0.15, -0.1) is 25.6 Å². The number of aromatic amines is 1. The first kappa shape index (κ1) is 24.0. The van der Waals surface area contributed by atoms with Crippen LogP contribution in [0.5, 0.6) is 5.75 Å². The molecule has 0 aliphatic carbocycles. The van der Waals surface area contributed by atoms with E-state index in [1.165, 1.54) is 18.2 Å². The number of nitrogens with one attached hydrogen (secondary N) is 3. The Morgan fingerprint density at radius 3 is 2.57 bits per heavy atom. The Morgan fingerprint density at radius 2 is 1.74 bits per heavy atom. The van der Waals surface area contributed by atoms with Crippen molar-refractivity contribution in [3.05, 3.63) is 84.8 Å². The van der Waals surface area contributed by atoms with E-state index in [0.717, 1.165) is 33.6 Å². The number of H-pyrrole nitrogens is 1. The first-order chi connectivity index (χ1) is 16.4. The smallest absolute Gasteiger partial charge is 0.404 e. The Kier molecular flexibility index (Phi) is 6.57. The molecule has 0 radical (unpaired) electrons. The monoisotopic (exact) mass is 501 g/mol. The van der Waals surface area contributed by atoms with Crippen molar-refractivity contribution in [1.82, 2.24) is 14.5 Å². The molecule has 5 rings (SSSR count). The number of anilines is 2. The third-order valence-electron chi connectivity index (χ3n) is 5.31. The minimum atomic E-state index is -4.87. The molecule has 0 unspecified atom stereocenters. The fraction of sp³-hybridized carbons (Fsp3) is 0.0833. The molecule has 0 aliphatic heterocycles. The molecule has 3 N–H and O–H groups in total. The molecule has 7 nitrogen and oxygen atoms in total. The van der Waals surface area contributed by atoms with Crippen LogP contribution in [0.25, 0.3) is 21.9 Å². The van der Waals surface area contributed by atoms with Gasteiger partial charge in [0, 0.05) is 35.9 Å². The van der Waals surface area contributed by atoms with E-state index < -0.39 is 18.1 Å². The molecule has 0 atom stereocenters. The van der Waals surface area contributed by atoms with Gasteiger partial charge in [0.25, 0.3) is 0 Å². The highest BCUT2D eigenvalue weighted by molar-refractivity contribution is 6.06. The second-order valence-corrected chi connectivity index (χ2v) is 7.52. The standard InChI is InChI=1S/C24H18F3N5O2.ClH/c25-24(26,27)34-21-7-2-1-4-19(21)31-23(33)30-18-5-3-6-20-17(18)10-13-32(20)14-15-8-11-28-22-16(15)9-12-29-22;/h1-13H,14H2,(H,28,29)(H2,30,31,33);1H. The van der Waals surface area contributed by atoms with Crippen LogP contribution < -0.4 is 15.4 Å². The zero-order valence-corrected chi connectivity index (χ0v) is 18.8. The number of para-hydroxylation sites is 2. The largest absolute Gasteiger partial charge is 0.573 e. The lowest BCUT2D eigenvalue weighted by Crippen LogP contribution is -2.22. The predicted octanol–water partition coefficient (Wildman–Crippen LogP) is 6.53. The van der Waals surface area contributed by atoms with E-state index in [1.54, 1.807) is 18.3 Å². The lowest BCUT2D eigenvalue weighted by Gasteiger charge is -2.14. The lowest BCUT2D eigenvalue weighted by molar-refractivity contribution is -0.274. The van der Waals surface area contributed by atoms with Crippen molar-refractivity contribution in [2.45, 2.75) is 12.9 Å². The van der Waals surface area contributed by atoms with E-state index in [4.69, 9.17) is 0 Å². The van der Waals surface area contributed by atoms with Gasteiger partial charge in [0.15, 0.2) is 5.75 Å². The van der Waals surface area contributed by atoms with Crippen molar-refractivity contribution in [2.75, 3.05) is 10.6 Å². The molecule has 35 heavy (non-hydrogen) atoms. The molecule has 0 fully saturated rings. The number of halogens is 4. The Bertz CT molecular complexity index is 1500. The van der Waals surface area contributed by atoms with Gasteiger partial charge >= 0.3 is 12.4 Å². The van der Waals surface area contributed by atoms with Crippen LogP contribution in [0.2, 0.25) is 0 Å². The zero-order chi connectivity index (χ0) is 23.7. The van der Waals surface area contributed by atoms with Gasteiger partial charge in [0.05, 0.1) is 16.9 Å². The Morgan fingerprint density at radius 1 is 0.971 bits per heavy atom. The predicted molar refractivity (Wildman–Crippen MR) is 130 cm³/mol. The number of benzene rings is 2.